The number of rotatable bonds is 6. The van der Waals surface area contributed by atoms with Crippen LogP contribution in [-0.2, 0) is 11.2 Å². The smallest absolute Gasteiger partial charge is 0.206 e. The van der Waals surface area contributed by atoms with E-state index >= 15 is 0 Å². The fourth-order valence-electron chi connectivity index (χ4n) is 1.47. The number of carbonyl (C=O) groups excluding carboxylic acids is 1. The molecule has 0 bridgehead atoms. The van der Waals surface area contributed by atoms with Crippen molar-refractivity contribution in [1.29, 1.82) is 0 Å². The van der Waals surface area contributed by atoms with E-state index in [1.165, 1.54) is 30.5 Å². The number of amides is 1. The Kier molecular flexibility index (Phi) is 17.2. The van der Waals surface area contributed by atoms with Crippen molar-refractivity contribution >= 4 is 12.1 Å². The van der Waals surface area contributed by atoms with E-state index in [0.29, 0.717) is 6.41 Å². The molecule has 0 saturated heterocycles. The average Bonchev–Trinajstić information content (AvgIpc) is 2.49. The molecule has 19 heavy (non-hydrogen) atoms. The molecule has 0 aliphatic rings. The van der Waals surface area contributed by atoms with Crippen LogP contribution in [-0.4, -0.2) is 20.0 Å². The van der Waals surface area contributed by atoms with E-state index in [1.54, 1.807) is 7.05 Å². The van der Waals surface area contributed by atoms with Gasteiger partial charge in [0.05, 0.1) is 0 Å². The number of aryl methyl sites for hydroxylation is 1. The van der Waals surface area contributed by atoms with Gasteiger partial charge in [-0.3, -0.25) is 4.79 Å². The Labute approximate surface area is 118 Å². The summed E-state index contributed by atoms with van der Waals surface area (Å²) in [5.74, 6) is 0. The van der Waals surface area contributed by atoms with Gasteiger partial charge in [-0.05, 0) is 31.4 Å². The van der Waals surface area contributed by atoms with E-state index in [-0.39, 0.29) is 0 Å². The lowest BCUT2D eigenvalue weighted by atomic mass is 10.1. The molecule has 0 aliphatic carbocycles. The molecule has 1 amide bonds. The van der Waals surface area contributed by atoms with Gasteiger partial charge in [-0.25, -0.2) is 0 Å². The number of benzene rings is 1. The Morgan fingerprint density at radius 1 is 1.16 bits per heavy atom. The number of anilines is 1. The standard InChI is InChI=1S/C12H19N.C2H5NO.C2H6/c1-3-5-8-11-9-6-7-10-12(11)13-4-2;1-3-2-4;1-2/h6-7,9-10,13H,3-5,8H2,1-2H3;2H,1H3,(H,3,4);1-2H3. The maximum atomic E-state index is 9.06. The molecule has 3 heteroatoms. The molecule has 110 valence electrons. The highest BCUT2D eigenvalue weighted by atomic mass is 16.1. The number of nitrogens with one attached hydrogen (secondary N) is 2. The number of para-hydroxylation sites is 1. The topological polar surface area (TPSA) is 41.1 Å². The van der Waals surface area contributed by atoms with Crippen LogP contribution in [0.2, 0.25) is 0 Å². The van der Waals surface area contributed by atoms with Crippen LogP contribution in [0.25, 0.3) is 0 Å². The summed E-state index contributed by atoms with van der Waals surface area (Å²) in [6.07, 6.45) is 4.36. The van der Waals surface area contributed by atoms with Crippen LogP contribution < -0.4 is 10.6 Å². The Hall–Kier alpha value is -1.51. The zero-order valence-corrected chi connectivity index (χ0v) is 13.1. The quantitative estimate of drug-likeness (QED) is 0.768. The van der Waals surface area contributed by atoms with Crippen molar-refractivity contribution in [2.45, 2.75) is 47.0 Å². The normalized spacial score (nSPS) is 8.26. The van der Waals surface area contributed by atoms with E-state index in [2.05, 4.69) is 48.7 Å². The zero-order chi connectivity index (χ0) is 14.9. The van der Waals surface area contributed by atoms with Gasteiger partial charge in [0.1, 0.15) is 0 Å². The van der Waals surface area contributed by atoms with Gasteiger partial charge in [0.2, 0.25) is 6.41 Å². The second-order valence-electron chi connectivity index (χ2n) is 3.70. The molecule has 0 aliphatic heterocycles. The number of unbranched alkanes of at least 4 members (excludes halogenated alkanes) is 1. The first kappa shape index (κ1) is 19.8. The summed E-state index contributed by atoms with van der Waals surface area (Å²) in [5, 5.41) is 5.64. The summed E-state index contributed by atoms with van der Waals surface area (Å²) < 4.78 is 0. The summed E-state index contributed by atoms with van der Waals surface area (Å²) in [6, 6.07) is 8.58. The minimum absolute atomic E-state index is 0.625. The van der Waals surface area contributed by atoms with Gasteiger partial charge in [0.15, 0.2) is 0 Å². The largest absolute Gasteiger partial charge is 0.385 e. The molecule has 3 nitrogen and oxygen atoms in total. The minimum Gasteiger partial charge on any atom is -0.385 e. The molecule has 1 aromatic rings. The van der Waals surface area contributed by atoms with Crippen molar-refractivity contribution in [1.82, 2.24) is 5.32 Å². The molecule has 0 unspecified atom stereocenters. The lowest BCUT2D eigenvalue weighted by Gasteiger charge is -2.09. The number of carbonyl (C=O) groups is 1. The Bertz CT molecular complexity index is 301. The zero-order valence-electron chi connectivity index (χ0n) is 13.1. The average molecular weight is 266 g/mol. The predicted molar refractivity (Wildman–Crippen MR) is 85.7 cm³/mol. The van der Waals surface area contributed by atoms with E-state index in [0.717, 1.165) is 6.54 Å². The third kappa shape index (κ3) is 11.3. The van der Waals surface area contributed by atoms with Crippen LogP contribution in [0.3, 0.4) is 0 Å². The highest BCUT2D eigenvalue weighted by Gasteiger charge is 1.98. The maximum absolute atomic E-state index is 9.06. The van der Waals surface area contributed by atoms with Crippen LogP contribution in [0, 0.1) is 0 Å². The third-order valence-electron chi connectivity index (χ3n) is 2.30. The van der Waals surface area contributed by atoms with E-state index in [4.69, 9.17) is 4.79 Å². The molecular formula is C16H30N2O. The molecule has 2 N–H and O–H groups in total. The minimum atomic E-state index is 0.625. The third-order valence-corrected chi connectivity index (χ3v) is 2.30. The van der Waals surface area contributed by atoms with Crippen LogP contribution in [0.15, 0.2) is 24.3 Å². The van der Waals surface area contributed by atoms with Gasteiger partial charge in [-0.2, -0.15) is 0 Å². The molecule has 0 saturated carbocycles. The second-order valence-corrected chi connectivity index (χ2v) is 3.70. The lowest BCUT2D eigenvalue weighted by molar-refractivity contribution is -0.109. The van der Waals surface area contributed by atoms with Gasteiger partial charge < -0.3 is 10.6 Å². The summed E-state index contributed by atoms with van der Waals surface area (Å²) in [7, 11) is 1.56. The first-order valence-corrected chi connectivity index (χ1v) is 7.22. The van der Waals surface area contributed by atoms with E-state index in [9.17, 15) is 0 Å². The maximum Gasteiger partial charge on any atom is 0.206 e. The van der Waals surface area contributed by atoms with Crippen LogP contribution in [0.5, 0.6) is 0 Å². The number of hydrogen-bond donors (Lipinski definition) is 2. The molecule has 0 atom stereocenters. The molecule has 0 heterocycles. The van der Waals surface area contributed by atoms with Crippen LogP contribution in [0.1, 0.15) is 46.1 Å². The molecule has 1 rings (SSSR count). The molecule has 1 aromatic carbocycles. The van der Waals surface area contributed by atoms with Crippen molar-refractivity contribution in [2.75, 3.05) is 18.9 Å². The van der Waals surface area contributed by atoms with Crippen molar-refractivity contribution < 1.29 is 4.79 Å². The van der Waals surface area contributed by atoms with Gasteiger partial charge in [-0.15, -0.1) is 0 Å². The van der Waals surface area contributed by atoms with E-state index in [1.807, 2.05) is 13.8 Å². The van der Waals surface area contributed by atoms with Crippen molar-refractivity contribution in [3.8, 4) is 0 Å². The van der Waals surface area contributed by atoms with Crippen molar-refractivity contribution in [3.05, 3.63) is 29.8 Å². The summed E-state index contributed by atoms with van der Waals surface area (Å²) in [5.41, 5.74) is 2.75. The van der Waals surface area contributed by atoms with Crippen LogP contribution in [0.4, 0.5) is 5.69 Å². The SMILES string of the molecule is CC.CCCCc1ccccc1NCC.CNC=O. The Morgan fingerprint density at radius 2 is 1.74 bits per heavy atom. The molecule has 0 fully saturated rings. The van der Waals surface area contributed by atoms with Gasteiger partial charge >= 0.3 is 0 Å². The van der Waals surface area contributed by atoms with Gasteiger partial charge in [-0.1, -0.05) is 45.4 Å². The summed E-state index contributed by atoms with van der Waals surface area (Å²) in [6.45, 7) is 9.37. The van der Waals surface area contributed by atoms with Gasteiger partial charge in [0.25, 0.3) is 0 Å². The molecule has 0 spiro atoms. The summed E-state index contributed by atoms with van der Waals surface area (Å²) in [4.78, 5) is 9.06. The Balaban J connectivity index is 0. The van der Waals surface area contributed by atoms with Crippen molar-refractivity contribution in [2.24, 2.45) is 0 Å². The predicted octanol–water partition coefficient (Wildman–Crippen LogP) is 3.85. The number of hydrogen-bond acceptors (Lipinski definition) is 2. The second kappa shape index (κ2) is 16.5. The highest BCUT2D eigenvalue weighted by Crippen LogP contribution is 2.16. The fourth-order valence-corrected chi connectivity index (χ4v) is 1.47. The first-order chi connectivity index (χ1) is 9.29. The molecule has 0 aromatic heterocycles. The first-order valence-electron chi connectivity index (χ1n) is 7.22. The monoisotopic (exact) mass is 266 g/mol. The Morgan fingerprint density at radius 3 is 2.21 bits per heavy atom. The molecular weight excluding hydrogens is 236 g/mol. The van der Waals surface area contributed by atoms with Crippen molar-refractivity contribution in [3.63, 3.8) is 0 Å². The van der Waals surface area contributed by atoms with Crippen LogP contribution >= 0.6 is 0 Å². The van der Waals surface area contributed by atoms with E-state index < -0.39 is 0 Å². The fraction of sp³-hybridized carbons (Fsp3) is 0.562. The summed E-state index contributed by atoms with van der Waals surface area (Å²) >= 11 is 0. The van der Waals surface area contributed by atoms with Gasteiger partial charge in [0, 0.05) is 19.3 Å². The highest BCUT2D eigenvalue weighted by molar-refractivity contribution is 5.50. The molecule has 0 radical (unpaired) electrons. The lowest BCUT2D eigenvalue weighted by Crippen LogP contribution is -2.00.